The van der Waals surface area contributed by atoms with E-state index in [9.17, 15) is 9.18 Å². The van der Waals surface area contributed by atoms with E-state index in [-0.39, 0.29) is 23.2 Å². The normalized spacial score (nSPS) is 19.9. The molecule has 1 fully saturated rings. The number of aryl methyl sites for hydroxylation is 1. The van der Waals surface area contributed by atoms with E-state index < -0.39 is 0 Å². The van der Waals surface area contributed by atoms with Gasteiger partial charge in [-0.15, -0.1) is 0 Å². The van der Waals surface area contributed by atoms with Crippen LogP contribution in [0.4, 0.5) is 10.1 Å². The van der Waals surface area contributed by atoms with E-state index in [1.165, 1.54) is 11.6 Å². The molecule has 1 unspecified atom stereocenters. The molecule has 1 aliphatic heterocycles. The van der Waals surface area contributed by atoms with E-state index in [0.717, 1.165) is 41.6 Å². The van der Waals surface area contributed by atoms with E-state index in [1.54, 1.807) is 25.1 Å². The van der Waals surface area contributed by atoms with Gasteiger partial charge < -0.3 is 10.2 Å². The van der Waals surface area contributed by atoms with Crippen LogP contribution in [-0.4, -0.2) is 24.9 Å². The van der Waals surface area contributed by atoms with Crippen LogP contribution >= 0.6 is 0 Å². The fourth-order valence-electron chi connectivity index (χ4n) is 4.04. The lowest BCUT2D eigenvalue weighted by atomic mass is 9.80. The monoisotopic (exact) mass is 338 g/mol. The summed E-state index contributed by atoms with van der Waals surface area (Å²) in [6.07, 6.45) is 3.21. The number of nitrogens with one attached hydrogen (secondary N) is 1. The third-order valence-corrected chi connectivity index (χ3v) is 5.64. The zero-order chi connectivity index (χ0) is 17.8. The first-order valence-corrected chi connectivity index (χ1v) is 8.78. The highest BCUT2D eigenvalue weighted by molar-refractivity contribution is 5.94. The Kier molecular flexibility index (Phi) is 3.60. The molecule has 0 radical (unpaired) electrons. The lowest BCUT2D eigenvalue weighted by Crippen LogP contribution is -2.28. The Labute approximate surface area is 147 Å². The summed E-state index contributed by atoms with van der Waals surface area (Å²) in [5.74, 6) is -0.160. The highest BCUT2D eigenvalue weighted by Gasteiger charge is 2.50. The second kappa shape index (κ2) is 5.58. The second-order valence-electron chi connectivity index (χ2n) is 7.64. The van der Waals surface area contributed by atoms with E-state index in [2.05, 4.69) is 5.32 Å². The van der Waals surface area contributed by atoms with Gasteiger partial charge in [0.25, 0.3) is 5.91 Å². The number of carbonyl (C=O) groups is 1. The van der Waals surface area contributed by atoms with E-state index >= 15 is 0 Å². The van der Waals surface area contributed by atoms with Gasteiger partial charge in [0.15, 0.2) is 0 Å². The minimum absolute atomic E-state index is 0.0294. The zero-order valence-corrected chi connectivity index (χ0v) is 14.9. The standard InChI is InChI=1S/C21H23FN2O/c1-13-4-6-15(22)11-16(13)19-12-21(8-9-21)17-10-14(20(25)24(2)3)5-7-18(17)23-19/h4-7,10-11,19,23H,8-9,12H2,1-3H3. The molecule has 1 aliphatic carbocycles. The molecule has 1 heterocycles. The summed E-state index contributed by atoms with van der Waals surface area (Å²) in [5.41, 5.74) is 5.32. The number of fused-ring (bicyclic) bond motifs is 2. The first kappa shape index (κ1) is 16.1. The molecule has 4 rings (SSSR count). The summed E-state index contributed by atoms with van der Waals surface area (Å²) < 4.78 is 13.8. The number of carbonyl (C=O) groups excluding carboxylic acids is 1. The quantitative estimate of drug-likeness (QED) is 0.879. The minimum atomic E-state index is -0.190. The van der Waals surface area contributed by atoms with Gasteiger partial charge in [0.1, 0.15) is 5.82 Å². The smallest absolute Gasteiger partial charge is 0.253 e. The summed E-state index contributed by atoms with van der Waals surface area (Å²) in [6, 6.07) is 11.1. The number of hydrogen-bond acceptors (Lipinski definition) is 2. The van der Waals surface area contributed by atoms with Crippen molar-refractivity contribution >= 4 is 11.6 Å². The van der Waals surface area contributed by atoms with E-state index in [4.69, 9.17) is 0 Å². The Hall–Kier alpha value is -2.36. The number of hydrogen-bond donors (Lipinski definition) is 1. The molecule has 0 aromatic heterocycles. The van der Waals surface area contributed by atoms with Crippen LogP contribution in [0.2, 0.25) is 0 Å². The SMILES string of the molecule is Cc1ccc(F)cc1C1CC2(CC2)c2cc(C(=O)N(C)C)ccc2N1. The molecule has 1 N–H and O–H groups in total. The zero-order valence-electron chi connectivity index (χ0n) is 14.9. The van der Waals surface area contributed by atoms with Gasteiger partial charge in [-0.2, -0.15) is 0 Å². The molecular weight excluding hydrogens is 315 g/mol. The number of halogens is 1. The van der Waals surface area contributed by atoms with Crippen molar-refractivity contribution in [1.82, 2.24) is 4.90 Å². The fraction of sp³-hybridized carbons (Fsp3) is 0.381. The molecule has 2 aromatic carbocycles. The Morgan fingerprint density at radius 3 is 2.64 bits per heavy atom. The highest BCUT2D eigenvalue weighted by Crippen LogP contribution is 2.59. The highest BCUT2D eigenvalue weighted by atomic mass is 19.1. The Bertz CT molecular complexity index is 855. The molecule has 1 spiro atoms. The molecule has 1 atom stereocenters. The van der Waals surface area contributed by atoms with Crippen LogP contribution in [0.1, 0.15) is 52.4 Å². The lowest BCUT2D eigenvalue weighted by Gasteiger charge is -2.35. The number of nitrogens with zero attached hydrogens (tertiary/aromatic N) is 1. The topological polar surface area (TPSA) is 32.3 Å². The molecule has 0 bridgehead atoms. The van der Waals surface area contributed by atoms with Gasteiger partial charge in [-0.3, -0.25) is 4.79 Å². The summed E-state index contributed by atoms with van der Waals surface area (Å²) >= 11 is 0. The van der Waals surface area contributed by atoms with Crippen LogP contribution in [0, 0.1) is 12.7 Å². The third kappa shape index (κ3) is 2.70. The Morgan fingerprint density at radius 2 is 1.96 bits per heavy atom. The first-order valence-electron chi connectivity index (χ1n) is 8.78. The fourth-order valence-corrected chi connectivity index (χ4v) is 4.04. The average molecular weight is 338 g/mol. The van der Waals surface area contributed by atoms with Crippen molar-refractivity contribution in [2.75, 3.05) is 19.4 Å². The maximum atomic E-state index is 13.8. The van der Waals surface area contributed by atoms with Crippen molar-refractivity contribution in [1.29, 1.82) is 0 Å². The molecule has 1 saturated carbocycles. The van der Waals surface area contributed by atoms with Gasteiger partial charge in [-0.1, -0.05) is 6.07 Å². The Balaban J connectivity index is 1.73. The van der Waals surface area contributed by atoms with Gasteiger partial charge in [-0.25, -0.2) is 4.39 Å². The Morgan fingerprint density at radius 1 is 1.20 bits per heavy atom. The van der Waals surface area contributed by atoms with Crippen molar-refractivity contribution in [3.05, 3.63) is 64.5 Å². The minimum Gasteiger partial charge on any atom is -0.378 e. The van der Waals surface area contributed by atoms with Gasteiger partial charge in [0.05, 0.1) is 6.04 Å². The molecule has 0 saturated heterocycles. The van der Waals surface area contributed by atoms with Crippen molar-refractivity contribution in [3.63, 3.8) is 0 Å². The molecular formula is C21H23FN2O. The molecule has 25 heavy (non-hydrogen) atoms. The molecule has 3 nitrogen and oxygen atoms in total. The summed E-state index contributed by atoms with van der Waals surface area (Å²) in [5, 5.41) is 3.58. The molecule has 2 aromatic rings. The summed E-state index contributed by atoms with van der Waals surface area (Å²) in [7, 11) is 3.55. The van der Waals surface area contributed by atoms with E-state index in [1.807, 2.05) is 31.2 Å². The van der Waals surface area contributed by atoms with Crippen molar-refractivity contribution in [3.8, 4) is 0 Å². The number of rotatable bonds is 2. The lowest BCUT2D eigenvalue weighted by molar-refractivity contribution is 0.0827. The van der Waals surface area contributed by atoms with Crippen LogP contribution in [0.25, 0.3) is 0 Å². The predicted octanol–water partition coefficient (Wildman–Crippen LogP) is 4.42. The van der Waals surface area contributed by atoms with Crippen molar-refractivity contribution < 1.29 is 9.18 Å². The summed E-state index contributed by atoms with van der Waals surface area (Å²) in [6.45, 7) is 2.03. The van der Waals surface area contributed by atoms with Gasteiger partial charge >= 0.3 is 0 Å². The number of benzene rings is 2. The van der Waals surface area contributed by atoms with Crippen LogP contribution in [0.15, 0.2) is 36.4 Å². The van der Waals surface area contributed by atoms with Crippen molar-refractivity contribution in [2.45, 2.75) is 37.6 Å². The van der Waals surface area contributed by atoms with Gasteiger partial charge in [0.2, 0.25) is 0 Å². The van der Waals surface area contributed by atoms with Gasteiger partial charge in [0, 0.05) is 25.3 Å². The molecule has 130 valence electrons. The van der Waals surface area contributed by atoms with Gasteiger partial charge in [-0.05, 0) is 78.6 Å². The molecule has 1 amide bonds. The van der Waals surface area contributed by atoms with E-state index in [0.29, 0.717) is 0 Å². The maximum absolute atomic E-state index is 13.8. The first-order chi connectivity index (χ1) is 11.9. The van der Waals surface area contributed by atoms with Crippen LogP contribution in [-0.2, 0) is 5.41 Å². The number of anilines is 1. The largest absolute Gasteiger partial charge is 0.378 e. The van der Waals surface area contributed by atoms with Crippen LogP contribution in [0.5, 0.6) is 0 Å². The maximum Gasteiger partial charge on any atom is 0.253 e. The van der Waals surface area contributed by atoms with Crippen molar-refractivity contribution in [2.24, 2.45) is 0 Å². The summed E-state index contributed by atoms with van der Waals surface area (Å²) in [4.78, 5) is 13.9. The molecule has 4 heteroatoms. The van der Waals surface area contributed by atoms with Crippen LogP contribution < -0.4 is 5.32 Å². The number of amides is 1. The average Bonchev–Trinajstić information content (AvgIpc) is 3.36. The van der Waals surface area contributed by atoms with Crippen LogP contribution in [0.3, 0.4) is 0 Å². The molecule has 2 aliphatic rings. The second-order valence-corrected chi connectivity index (χ2v) is 7.64. The predicted molar refractivity (Wildman–Crippen MR) is 97.5 cm³/mol. The third-order valence-electron chi connectivity index (χ3n) is 5.64.